The van der Waals surface area contributed by atoms with Crippen LogP contribution in [0.15, 0.2) is 29.2 Å². The van der Waals surface area contributed by atoms with E-state index in [-0.39, 0.29) is 11.9 Å². The van der Waals surface area contributed by atoms with Gasteiger partial charge in [0, 0.05) is 24.7 Å². The smallest absolute Gasteiger partial charge is 0.179 e. The zero-order valence-electron chi connectivity index (χ0n) is 10.9. The predicted molar refractivity (Wildman–Crippen MR) is 75.4 cm³/mol. The van der Waals surface area contributed by atoms with Crippen molar-refractivity contribution in [2.75, 3.05) is 32.0 Å². The number of benzene rings is 1. The second-order valence-corrected chi connectivity index (χ2v) is 7.30. The minimum absolute atomic E-state index is 0.126. The molecule has 1 aliphatic rings. The molecule has 0 aliphatic carbocycles. The molecule has 19 heavy (non-hydrogen) atoms. The lowest BCUT2D eigenvalue weighted by Crippen LogP contribution is -2.43. The lowest BCUT2D eigenvalue weighted by atomic mass is 10.3. The summed E-state index contributed by atoms with van der Waals surface area (Å²) in [5.74, 6) is 0.126. The Balaban J connectivity index is 1.96. The van der Waals surface area contributed by atoms with Crippen molar-refractivity contribution in [2.45, 2.75) is 17.9 Å². The van der Waals surface area contributed by atoms with Crippen LogP contribution in [0.1, 0.15) is 6.92 Å². The fourth-order valence-corrected chi connectivity index (χ4v) is 3.51. The van der Waals surface area contributed by atoms with Crippen molar-refractivity contribution in [1.29, 1.82) is 0 Å². The van der Waals surface area contributed by atoms with Crippen LogP contribution in [0.2, 0.25) is 5.02 Å². The molecule has 0 unspecified atom stereocenters. The summed E-state index contributed by atoms with van der Waals surface area (Å²) in [6.07, 6.45) is 0.173. The molecule has 2 rings (SSSR count). The van der Waals surface area contributed by atoms with Crippen LogP contribution in [-0.4, -0.2) is 51.4 Å². The van der Waals surface area contributed by atoms with E-state index >= 15 is 0 Å². The van der Waals surface area contributed by atoms with E-state index in [0.29, 0.717) is 23.1 Å². The zero-order valence-corrected chi connectivity index (χ0v) is 12.5. The van der Waals surface area contributed by atoms with E-state index in [1.54, 1.807) is 24.3 Å². The van der Waals surface area contributed by atoms with E-state index in [1.165, 1.54) is 0 Å². The molecule has 4 nitrogen and oxygen atoms in total. The van der Waals surface area contributed by atoms with Crippen molar-refractivity contribution >= 4 is 21.4 Å². The molecule has 1 fully saturated rings. The number of hydrogen-bond acceptors (Lipinski definition) is 4. The highest BCUT2D eigenvalue weighted by molar-refractivity contribution is 7.91. The third-order valence-corrected chi connectivity index (χ3v) is 5.14. The maximum Gasteiger partial charge on any atom is 0.179 e. The average molecular weight is 304 g/mol. The maximum absolute atomic E-state index is 12.2. The topological polar surface area (TPSA) is 46.6 Å². The lowest BCUT2D eigenvalue weighted by molar-refractivity contribution is -0.0160. The Morgan fingerprint density at radius 2 is 2.05 bits per heavy atom. The van der Waals surface area contributed by atoms with E-state index in [9.17, 15) is 8.42 Å². The Labute approximate surface area is 119 Å². The van der Waals surface area contributed by atoms with Gasteiger partial charge in [0.1, 0.15) is 0 Å². The molecule has 1 atom stereocenters. The van der Waals surface area contributed by atoms with Gasteiger partial charge < -0.3 is 4.74 Å². The maximum atomic E-state index is 12.2. The van der Waals surface area contributed by atoms with Crippen LogP contribution >= 0.6 is 11.6 Å². The number of halogens is 1. The molecule has 0 spiro atoms. The summed E-state index contributed by atoms with van der Waals surface area (Å²) >= 11 is 5.76. The van der Waals surface area contributed by atoms with E-state index in [0.717, 1.165) is 13.1 Å². The monoisotopic (exact) mass is 303 g/mol. The Kier molecular flexibility index (Phi) is 4.84. The molecule has 1 saturated heterocycles. The number of rotatable bonds is 4. The molecule has 0 radical (unpaired) electrons. The summed E-state index contributed by atoms with van der Waals surface area (Å²) in [7, 11) is -3.24. The Morgan fingerprint density at radius 3 is 2.68 bits per heavy atom. The first-order chi connectivity index (χ1) is 8.97. The summed E-state index contributed by atoms with van der Waals surface area (Å²) in [6, 6.07) is 6.32. The van der Waals surface area contributed by atoms with Crippen LogP contribution in [0.5, 0.6) is 0 Å². The third-order valence-electron chi connectivity index (χ3n) is 3.17. The van der Waals surface area contributed by atoms with E-state index in [1.807, 2.05) is 6.92 Å². The SMILES string of the molecule is C[C@@H]1CN(CCS(=O)(=O)c2ccc(Cl)cc2)CCO1. The fraction of sp³-hybridized carbons (Fsp3) is 0.538. The van der Waals surface area contributed by atoms with Crippen LogP contribution < -0.4 is 0 Å². The Bertz CT molecular complexity index is 515. The minimum Gasteiger partial charge on any atom is -0.376 e. The highest BCUT2D eigenvalue weighted by Gasteiger charge is 2.20. The molecule has 1 aromatic rings. The number of sulfone groups is 1. The van der Waals surface area contributed by atoms with Crippen molar-refractivity contribution in [3.63, 3.8) is 0 Å². The van der Waals surface area contributed by atoms with Gasteiger partial charge in [-0.15, -0.1) is 0 Å². The van der Waals surface area contributed by atoms with Gasteiger partial charge in [0.05, 0.1) is 23.4 Å². The number of nitrogens with zero attached hydrogens (tertiary/aromatic N) is 1. The first kappa shape index (κ1) is 14.8. The second-order valence-electron chi connectivity index (χ2n) is 4.75. The van der Waals surface area contributed by atoms with Crippen LogP contribution in [0, 0.1) is 0 Å². The van der Waals surface area contributed by atoms with Gasteiger partial charge >= 0.3 is 0 Å². The van der Waals surface area contributed by atoms with Gasteiger partial charge in [-0.3, -0.25) is 4.90 Å². The standard InChI is InChI=1S/C13H18ClNO3S/c1-11-10-15(6-8-18-11)7-9-19(16,17)13-4-2-12(14)3-5-13/h2-5,11H,6-10H2,1H3/t11-/m1/s1. The largest absolute Gasteiger partial charge is 0.376 e. The van der Waals surface area contributed by atoms with Gasteiger partial charge in [-0.25, -0.2) is 8.42 Å². The van der Waals surface area contributed by atoms with Gasteiger partial charge in [0.2, 0.25) is 0 Å². The summed E-state index contributed by atoms with van der Waals surface area (Å²) in [6.45, 7) is 4.79. The van der Waals surface area contributed by atoms with E-state index in [4.69, 9.17) is 16.3 Å². The first-order valence-corrected chi connectivity index (χ1v) is 8.33. The third kappa shape index (κ3) is 4.18. The van der Waals surface area contributed by atoms with Crippen LogP contribution in [0.3, 0.4) is 0 Å². The predicted octanol–water partition coefficient (Wildman–Crippen LogP) is 1.83. The number of hydrogen-bond donors (Lipinski definition) is 0. The van der Waals surface area contributed by atoms with Crippen molar-refractivity contribution in [3.05, 3.63) is 29.3 Å². The molecule has 0 N–H and O–H groups in total. The fourth-order valence-electron chi connectivity index (χ4n) is 2.10. The van der Waals surface area contributed by atoms with Gasteiger partial charge in [-0.05, 0) is 31.2 Å². The van der Waals surface area contributed by atoms with E-state index in [2.05, 4.69) is 4.90 Å². The Hall–Kier alpha value is -0.620. The number of morpholine rings is 1. The van der Waals surface area contributed by atoms with Gasteiger partial charge in [0.15, 0.2) is 9.84 Å². The van der Waals surface area contributed by atoms with Crippen LogP contribution in [0.25, 0.3) is 0 Å². The molecule has 106 valence electrons. The van der Waals surface area contributed by atoms with Gasteiger partial charge in [-0.2, -0.15) is 0 Å². The second kappa shape index (κ2) is 6.22. The molecule has 6 heteroatoms. The molecule has 1 aliphatic heterocycles. The number of ether oxygens (including phenoxy) is 1. The van der Waals surface area contributed by atoms with Crippen LogP contribution in [-0.2, 0) is 14.6 Å². The molecule has 0 saturated carbocycles. The minimum atomic E-state index is -3.24. The summed E-state index contributed by atoms with van der Waals surface area (Å²) in [5, 5.41) is 0.543. The summed E-state index contributed by atoms with van der Waals surface area (Å²) in [5.41, 5.74) is 0. The normalized spacial score (nSPS) is 21.5. The van der Waals surface area contributed by atoms with Gasteiger partial charge in [-0.1, -0.05) is 11.6 Å². The van der Waals surface area contributed by atoms with Gasteiger partial charge in [0.25, 0.3) is 0 Å². The Morgan fingerprint density at radius 1 is 1.37 bits per heavy atom. The lowest BCUT2D eigenvalue weighted by Gasteiger charge is -2.30. The van der Waals surface area contributed by atoms with Crippen molar-refractivity contribution in [2.24, 2.45) is 0 Å². The van der Waals surface area contributed by atoms with Crippen LogP contribution in [0.4, 0.5) is 0 Å². The first-order valence-electron chi connectivity index (χ1n) is 6.30. The average Bonchev–Trinajstić information content (AvgIpc) is 2.37. The highest BCUT2D eigenvalue weighted by atomic mass is 35.5. The van der Waals surface area contributed by atoms with Crippen molar-refractivity contribution in [1.82, 2.24) is 4.90 Å². The molecular weight excluding hydrogens is 286 g/mol. The summed E-state index contributed by atoms with van der Waals surface area (Å²) < 4.78 is 29.8. The molecule has 0 amide bonds. The summed E-state index contributed by atoms with van der Waals surface area (Å²) in [4.78, 5) is 2.46. The molecule has 1 aromatic carbocycles. The van der Waals surface area contributed by atoms with Crippen molar-refractivity contribution < 1.29 is 13.2 Å². The molecular formula is C13H18ClNO3S. The van der Waals surface area contributed by atoms with Crippen molar-refractivity contribution in [3.8, 4) is 0 Å². The molecule has 0 bridgehead atoms. The molecule has 1 heterocycles. The quantitative estimate of drug-likeness (QED) is 0.851. The van der Waals surface area contributed by atoms with E-state index < -0.39 is 9.84 Å². The highest BCUT2D eigenvalue weighted by Crippen LogP contribution is 2.16. The molecule has 0 aromatic heterocycles. The zero-order chi connectivity index (χ0) is 13.9.